The van der Waals surface area contributed by atoms with Crippen molar-refractivity contribution in [2.24, 2.45) is 11.7 Å². The fourth-order valence-corrected chi connectivity index (χ4v) is 2.71. The summed E-state index contributed by atoms with van der Waals surface area (Å²) in [5, 5.41) is 0. The van der Waals surface area contributed by atoms with Crippen LogP contribution in [0.4, 0.5) is 0 Å². The highest BCUT2D eigenvalue weighted by Crippen LogP contribution is 2.35. The number of aromatic nitrogens is 1. The van der Waals surface area contributed by atoms with Crippen LogP contribution in [-0.4, -0.2) is 17.1 Å². The molecule has 3 heteroatoms. The summed E-state index contributed by atoms with van der Waals surface area (Å²) in [7, 11) is 0. The van der Waals surface area contributed by atoms with Crippen LogP contribution in [0.1, 0.15) is 38.2 Å². The molecule has 2 rings (SSSR count). The third kappa shape index (κ3) is 3.27. The van der Waals surface area contributed by atoms with Gasteiger partial charge in [0.05, 0.1) is 12.2 Å². The molecule has 2 atom stereocenters. The highest BCUT2D eigenvalue weighted by molar-refractivity contribution is 5.07. The van der Waals surface area contributed by atoms with Crippen LogP contribution in [0.15, 0.2) is 24.5 Å². The van der Waals surface area contributed by atoms with Gasteiger partial charge < -0.3 is 10.5 Å². The second kappa shape index (κ2) is 5.61. The third-order valence-corrected chi connectivity index (χ3v) is 3.69. The lowest BCUT2D eigenvalue weighted by Crippen LogP contribution is -2.44. The molecular formula is C14H22N2O. The van der Waals surface area contributed by atoms with Crippen LogP contribution in [0.3, 0.4) is 0 Å². The van der Waals surface area contributed by atoms with Gasteiger partial charge >= 0.3 is 0 Å². The Hall–Kier alpha value is -0.930. The second-order valence-corrected chi connectivity index (χ2v) is 5.24. The number of hydrogen-bond donors (Lipinski definition) is 1. The van der Waals surface area contributed by atoms with Gasteiger partial charge in [-0.2, -0.15) is 0 Å². The van der Waals surface area contributed by atoms with Crippen LogP contribution < -0.4 is 5.73 Å². The Morgan fingerprint density at radius 3 is 3.12 bits per heavy atom. The Bertz CT molecular complexity index is 341. The molecule has 1 saturated carbocycles. The van der Waals surface area contributed by atoms with Crippen molar-refractivity contribution in [1.82, 2.24) is 4.98 Å². The summed E-state index contributed by atoms with van der Waals surface area (Å²) < 4.78 is 6.11. The van der Waals surface area contributed by atoms with Crippen molar-refractivity contribution < 1.29 is 4.74 Å². The lowest BCUT2D eigenvalue weighted by atomic mass is 9.79. The zero-order valence-electron chi connectivity index (χ0n) is 10.6. The van der Waals surface area contributed by atoms with Gasteiger partial charge in [-0.15, -0.1) is 0 Å². The number of hydrogen-bond acceptors (Lipinski definition) is 3. The van der Waals surface area contributed by atoms with Gasteiger partial charge in [-0.3, -0.25) is 4.98 Å². The lowest BCUT2D eigenvalue weighted by molar-refractivity contribution is -0.0840. The van der Waals surface area contributed by atoms with Gasteiger partial charge in [0.1, 0.15) is 0 Å². The summed E-state index contributed by atoms with van der Waals surface area (Å²) in [5.74, 6) is 0.723. The standard InChI is InChI=1S/C14H22N2O/c1-12-4-2-6-14(8-12,11-15)17-10-13-5-3-7-16-9-13/h3,5,7,9,12H,2,4,6,8,10-11,15H2,1H3. The number of pyridine rings is 1. The molecule has 0 amide bonds. The highest BCUT2D eigenvalue weighted by Gasteiger charge is 2.34. The fraction of sp³-hybridized carbons (Fsp3) is 0.643. The van der Waals surface area contributed by atoms with Gasteiger partial charge in [0.25, 0.3) is 0 Å². The molecule has 1 aliphatic carbocycles. The van der Waals surface area contributed by atoms with Crippen molar-refractivity contribution in [2.75, 3.05) is 6.54 Å². The smallest absolute Gasteiger partial charge is 0.0811 e. The molecule has 3 nitrogen and oxygen atoms in total. The minimum absolute atomic E-state index is 0.104. The highest BCUT2D eigenvalue weighted by atomic mass is 16.5. The summed E-state index contributed by atoms with van der Waals surface area (Å²) in [5.41, 5.74) is 6.94. The van der Waals surface area contributed by atoms with Gasteiger partial charge in [0, 0.05) is 18.9 Å². The Morgan fingerprint density at radius 2 is 2.47 bits per heavy atom. The Balaban J connectivity index is 1.95. The zero-order chi connectivity index (χ0) is 12.1. The van der Waals surface area contributed by atoms with Crippen molar-refractivity contribution in [2.45, 2.75) is 44.8 Å². The molecular weight excluding hydrogens is 212 g/mol. The summed E-state index contributed by atoms with van der Waals surface area (Å²) in [4.78, 5) is 4.10. The Morgan fingerprint density at radius 1 is 1.59 bits per heavy atom. The van der Waals surface area contributed by atoms with Gasteiger partial charge in [0.15, 0.2) is 0 Å². The average Bonchev–Trinajstić information content (AvgIpc) is 2.38. The first-order valence-electron chi connectivity index (χ1n) is 6.47. The second-order valence-electron chi connectivity index (χ2n) is 5.24. The average molecular weight is 234 g/mol. The predicted molar refractivity (Wildman–Crippen MR) is 68.4 cm³/mol. The third-order valence-electron chi connectivity index (χ3n) is 3.69. The quantitative estimate of drug-likeness (QED) is 0.870. The molecule has 0 bridgehead atoms. The van der Waals surface area contributed by atoms with E-state index in [4.69, 9.17) is 10.5 Å². The normalized spacial score (nSPS) is 29.2. The SMILES string of the molecule is CC1CCCC(CN)(OCc2cccnc2)C1. The van der Waals surface area contributed by atoms with Crippen molar-refractivity contribution in [3.05, 3.63) is 30.1 Å². The lowest BCUT2D eigenvalue weighted by Gasteiger charge is -2.39. The monoisotopic (exact) mass is 234 g/mol. The van der Waals surface area contributed by atoms with E-state index in [1.54, 1.807) is 6.20 Å². The molecule has 94 valence electrons. The molecule has 2 unspecified atom stereocenters. The maximum Gasteiger partial charge on any atom is 0.0811 e. The molecule has 0 spiro atoms. The van der Waals surface area contributed by atoms with E-state index in [1.165, 1.54) is 12.8 Å². The van der Waals surface area contributed by atoms with Crippen LogP contribution >= 0.6 is 0 Å². The molecule has 17 heavy (non-hydrogen) atoms. The maximum absolute atomic E-state index is 6.11. The van der Waals surface area contributed by atoms with Crippen LogP contribution in [-0.2, 0) is 11.3 Å². The van der Waals surface area contributed by atoms with Crippen molar-refractivity contribution in [3.8, 4) is 0 Å². The van der Waals surface area contributed by atoms with E-state index in [0.717, 1.165) is 24.3 Å². The molecule has 1 aromatic rings. The maximum atomic E-state index is 6.11. The molecule has 0 aromatic carbocycles. The predicted octanol–water partition coefficient (Wildman–Crippen LogP) is 2.51. The number of ether oxygens (including phenoxy) is 1. The van der Waals surface area contributed by atoms with Crippen molar-refractivity contribution in [1.29, 1.82) is 0 Å². The van der Waals surface area contributed by atoms with Gasteiger partial charge in [-0.05, 0) is 30.4 Å². The number of rotatable bonds is 4. The molecule has 1 aromatic heterocycles. The van der Waals surface area contributed by atoms with Crippen LogP contribution in [0.5, 0.6) is 0 Å². The van der Waals surface area contributed by atoms with E-state index in [9.17, 15) is 0 Å². The minimum atomic E-state index is -0.104. The summed E-state index contributed by atoms with van der Waals surface area (Å²) in [6, 6.07) is 3.99. The zero-order valence-corrected chi connectivity index (χ0v) is 10.6. The van der Waals surface area contributed by atoms with Crippen molar-refractivity contribution >= 4 is 0 Å². The number of nitrogens with zero attached hydrogens (tertiary/aromatic N) is 1. The summed E-state index contributed by atoms with van der Waals surface area (Å²) in [6.07, 6.45) is 8.35. The van der Waals surface area contributed by atoms with Crippen LogP contribution in [0.2, 0.25) is 0 Å². The number of nitrogens with two attached hydrogens (primary N) is 1. The van der Waals surface area contributed by atoms with E-state index in [-0.39, 0.29) is 5.60 Å². The molecule has 1 fully saturated rings. The minimum Gasteiger partial charge on any atom is -0.369 e. The van der Waals surface area contributed by atoms with E-state index >= 15 is 0 Å². The molecule has 2 N–H and O–H groups in total. The largest absolute Gasteiger partial charge is 0.369 e. The van der Waals surface area contributed by atoms with Gasteiger partial charge in [0.2, 0.25) is 0 Å². The van der Waals surface area contributed by atoms with Crippen LogP contribution in [0.25, 0.3) is 0 Å². The molecule has 0 saturated heterocycles. The van der Waals surface area contributed by atoms with E-state index in [0.29, 0.717) is 13.2 Å². The van der Waals surface area contributed by atoms with Gasteiger partial charge in [-0.1, -0.05) is 25.8 Å². The first-order valence-corrected chi connectivity index (χ1v) is 6.47. The first kappa shape index (κ1) is 12.5. The van der Waals surface area contributed by atoms with Gasteiger partial charge in [-0.25, -0.2) is 0 Å². The van der Waals surface area contributed by atoms with E-state index < -0.39 is 0 Å². The summed E-state index contributed by atoms with van der Waals surface area (Å²) in [6.45, 7) is 3.53. The molecule has 1 aliphatic rings. The van der Waals surface area contributed by atoms with E-state index in [1.807, 2.05) is 18.3 Å². The first-order chi connectivity index (χ1) is 8.24. The Labute approximate surface area is 103 Å². The fourth-order valence-electron chi connectivity index (χ4n) is 2.71. The Kier molecular flexibility index (Phi) is 4.13. The topological polar surface area (TPSA) is 48.1 Å². The van der Waals surface area contributed by atoms with Crippen LogP contribution in [0, 0.1) is 5.92 Å². The molecule has 0 aliphatic heterocycles. The molecule has 1 heterocycles. The summed E-state index contributed by atoms with van der Waals surface area (Å²) >= 11 is 0. The van der Waals surface area contributed by atoms with E-state index in [2.05, 4.69) is 11.9 Å². The molecule has 0 radical (unpaired) electrons. The van der Waals surface area contributed by atoms with Crippen molar-refractivity contribution in [3.63, 3.8) is 0 Å².